The third-order valence-corrected chi connectivity index (χ3v) is 6.56. The van der Waals surface area contributed by atoms with Crippen LogP contribution in [0.5, 0.6) is 0 Å². The van der Waals surface area contributed by atoms with Gasteiger partial charge in [0.15, 0.2) is 5.83 Å². The van der Waals surface area contributed by atoms with E-state index in [1.165, 1.54) is 0 Å². The zero-order valence-electron chi connectivity index (χ0n) is 11.4. The molecule has 0 heterocycles. The third kappa shape index (κ3) is 2.81. The van der Waals surface area contributed by atoms with Crippen molar-refractivity contribution in [3.05, 3.63) is 12.4 Å². The van der Waals surface area contributed by atoms with Crippen LogP contribution < -0.4 is 0 Å². The molecule has 0 aromatic rings. The summed E-state index contributed by atoms with van der Waals surface area (Å²) in [6.45, 7) is 9.78. The lowest BCUT2D eigenvalue weighted by Gasteiger charge is -2.40. The lowest BCUT2D eigenvalue weighted by Crippen LogP contribution is -2.40. The van der Waals surface area contributed by atoms with Crippen molar-refractivity contribution in [2.24, 2.45) is 0 Å². The summed E-state index contributed by atoms with van der Waals surface area (Å²) in [4.78, 5) is 0. The van der Waals surface area contributed by atoms with Crippen LogP contribution in [0, 0.1) is 0 Å². The van der Waals surface area contributed by atoms with Gasteiger partial charge in [0.05, 0.1) is 0 Å². The highest BCUT2D eigenvalue weighted by molar-refractivity contribution is 7.60. The van der Waals surface area contributed by atoms with Crippen molar-refractivity contribution in [3.8, 4) is 0 Å². The quantitative estimate of drug-likeness (QED) is 0.631. The van der Waals surface area contributed by atoms with E-state index in [2.05, 4.69) is 6.58 Å². The predicted molar refractivity (Wildman–Crippen MR) is 68.6 cm³/mol. The highest BCUT2D eigenvalue weighted by Crippen LogP contribution is 2.67. The van der Waals surface area contributed by atoms with Gasteiger partial charge in [-0.05, 0) is 0 Å². The fourth-order valence-electron chi connectivity index (χ4n) is 1.91. The van der Waals surface area contributed by atoms with E-state index < -0.39 is 18.9 Å². The first-order valence-corrected chi connectivity index (χ1v) is 7.68. The van der Waals surface area contributed by atoms with Gasteiger partial charge in [-0.3, -0.25) is 4.57 Å². The van der Waals surface area contributed by atoms with Crippen LogP contribution in [0.1, 0.15) is 27.7 Å². The first-order chi connectivity index (χ1) is 8.23. The van der Waals surface area contributed by atoms with E-state index >= 15 is 0 Å². The summed E-state index contributed by atoms with van der Waals surface area (Å²) >= 11 is 0. The number of rotatable bonds is 8. The van der Waals surface area contributed by atoms with Crippen LogP contribution in [0.3, 0.4) is 0 Å². The maximum absolute atomic E-state index is 14.0. The zero-order chi connectivity index (χ0) is 14.6. The van der Waals surface area contributed by atoms with E-state index in [0.29, 0.717) is 0 Å². The predicted octanol–water partition coefficient (Wildman–Crippen LogP) is 3.94. The van der Waals surface area contributed by atoms with Crippen LogP contribution in [0.15, 0.2) is 12.4 Å². The molecular weight excluding hydrogens is 264 g/mol. The second-order valence-corrected chi connectivity index (χ2v) is 6.55. The topological polar surface area (TPSA) is 23.6 Å². The van der Waals surface area contributed by atoms with Crippen molar-refractivity contribution in [1.82, 2.24) is 9.34 Å². The highest BCUT2D eigenvalue weighted by atomic mass is 31.2. The molecule has 108 valence electrons. The molecule has 0 aliphatic heterocycles. The Hall–Kier alpha value is -0.320. The van der Waals surface area contributed by atoms with Gasteiger partial charge in [-0.25, -0.2) is 13.7 Å². The SMILES string of the molecule is C=C(F)C(F)(F)P(=O)(N(CC)CC)N(CC)CC. The molecule has 0 radical (unpaired) electrons. The lowest BCUT2D eigenvalue weighted by atomic mass is 10.6. The molecule has 0 saturated carbocycles. The summed E-state index contributed by atoms with van der Waals surface area (Å²) in [5.74, 6) is -1.84. The van der Waals surface area contributed by atoms with Crippen molar-refractivity contribution >= 4 is 7.44 Å². The van der Waals surface area contributed by atoms with E-state index in [1.54, 1.807) is 27.7 Å². The van der Waals surface area contributed by atoms with Crippen molar-refractivity contribution < 1.29 is 17.7 Å². The molecule has 0 unspecified atom stereocenters. The van der Waals surface area contributed by atoms with Crippen molar-refractivity contribution in [2.45, 2.75) is 33.4 Å². The van der Waals surface area contributed by atoms with Crippen molar-refractivity contribution in [2.75, 3.05) is 26.2 Å². The molecule has 7 heteroatoms. The largest absolute Gasteiger partial charge is 0.374 e. The van der Waals surface area contributed by atoms with Gasteiger partial charge in [-0.2, -0.15) is 8.78 Å². The van der Waals surface area contributed by atoms with Crippen LogP contribution in [0.2, 0.25) is 0 Å². The Balaban J connectivity index is 5.84. The van der Waals surface area contributed by atoms with E-state index in [4.69, 9.17) is 0 Å². The minimum absolute atomic E-state index is 0.160. The van der Waals surface area contributed by atoms with E-state index in [-0.39, 0.29) is 26.2 Å². The molecule has 3 nitrogen and oxygen atoms in total. The summed E-state index contributed by atoms with van der Waals surface area (Å²) in [5, 5.41) is 0. The van der Waals surface area contributed by atoms with Crippen LogP contribution in [-0.2, 0) is 4.57 Å². The molecule has 0 spiro atoms. The maximum Gasteiger partial charge on any atom is 0.374 e. The van der Waals surface area contributed by atoms with Gasteiger partial charge in [-0.1, -0.05) is 34.3 Å². The molecule has 0 N–H and O–H groups in total. The average molecular weight is 286 g/mol. The van der Waals surface area contributed by atoms with Gasteiger partial charge >= 0.3 is 5.66 Å². The maximum atomic E-state index is 14.0. The molecule has 0 atom stereocenters. The number of alkyl halides is 2. The number of hydrogen-bond acceptors (Lipinski definition) is 1. The molecule has 0 saturated heterocycles. The van der Waals surface area contributed by atoms with E-state index in [1.807, 2.05) is 0 Å². The first-order valence-electron chi connectivity index (χ1n) is 6.07. The van der Waals surface area contributed by atoms with Crippen LogP contribution in [-0.4, -0.2) is 41.2 Å². The zero-order valence-corrected chi connectivity index (χ0v) is 12.3. The number of halogens is 3. The summed E-state index contributed by atoms with van der Waals surface area (Å²) < 4.78 is 56.2. The Bertz CT molecular complexity index is 312. The lowest BCUT2D eigenvalue weighted by molar-refractivity contribution is 0.0823. The smallest absolute Gasteiger partial charge is 0.282 e. The Labute approximate surface area is 107 Å². The molecule has 0 rings (SSSR count). The first kappa shape index (κ1) is 17.7. The van der Waals surface area contributed by atoms with E-state index in [0.717, 1.165) is 9.34 Å². The van der Waals surface area contributed by atoms with Crippen molar-refractivity contribution in [1.29, 1.82) is 0 Å². The Morgan fingerprint density at radius 2 is 1.33 bits per heavy atom. The summed E-state index contributed by atoms with van der Waals surface area (Å²) in [7, 11) is -4.34. The summed E-state index contributed by atoms with van der Waals surface area (Å²) in [5.41, 5.74) is -4.05. The Morgan fingerprint density at radius 3 is 1.50 bits per heavy atom. The summed E-state index contributed by atoms with van der Waals surface area (Å²) in [6.07, 6.45) is 0. The minimum Gasteiger partial charge on any atom is -0.282 e. The van der Waals surface area contributed by atoms with Gasteiger partial charge in [0.1, 0.15) is 0 Å². The number of allylic oxidation sites excluding steroid dienone is 1. The molecular formula is C11H22F3N2OP. The molecule has 0 amide bonds. The molecule has 0 fully saturated rings. The standard InChI is InChI=1S/C11H22F3N2OP/c1-6-15(7-2)18(17,16(8-3)9-4)11(13,14)10(5)12/h5-9H2,1-4H3. The Kier molecular flexibility index (Phi) is 6.61. The Morgan fingerprint density at radius 1 is 1.06 bits per heavy atom. The van der Waals surface area contributed by atoms with Gasteiger partial charge in [0.2, 0.25) is 0 Å². The second-order valence-electron chi connectivity index (χ2n) is 3.77. The number of hydrogen-bond donors (Lipinski definition) is 0. The van der Waals surface area contributed by atoms with Crippen molar-refractivity contribution in [3.63, 3.8) is 0 Å². The van der Waals surface area contributed by atoms with Crippen LogP contribution >= 0.6 is 7.44 Å². The van der Waals surface area contributed by atoms with E-state index in [9.17, 15) is 17.7 Å². The molecule has 0 aromatic carbocycles. The van der Waals surface area contributed by atoms with Crippen LogP contribution in [0.4, 0.5) is 13.2 Å². The normalized spacial score (nSPS) is 13.4. The monoisotopic (exact) mass is 286 g/mol. The molecule has 0 aliphatic rings. The second kappa shape index (κ2) is 6.73. The molecule has 0 bridgehead atoms. The van der Waals surface area contributed by atoms with Gasteiger partial charge in [0, 0.05) is 26.2 Å². The van der Waals surface area contributed by atoms with Gasteiger partial charge in [0.25, 0.3) is 7.44 Å². The summed E-state index contributed by atoms with van der Waals surface area (Å²) in [6, 6.07) is 0. The average Bonchev–Trinajstić information content (AvgIpc) is 2.31. The fourth-order valence-corrected chi connectivity index (χ4v) is 4.82. The minimum atomic E-state index is -4.34. The third-order valence-electron chi connectivity index (χ3n) is 2.92. The van der Waals surface area contributed by atoms with Gasteiger partial charge in [-0.15, -0.1) is 0 Å². The highest BCUT2D eigenvalue weighted by Gasteiger charge is 2.59. The number of nitrogens with zero attached hydrogens (tertiary/aromatic N) is 2. The van der Waals surface area contributed by atoms with Gasteiger partial charge < -0.3 is 0 Å². The fraction of sp³-hybridized carbons (Fsp3) is 0.818. The van der Waals surface area contributed by atoms with Crippen LogP contribution in [0.25, 0.3) is 0 Å². The molecule has 0 aromatic heterocycles. The molecule has 0 aliphatic carbocycles. The molecule has 18 heavy (non-hydrogen) atoms.